The van der Waals surface area contributed by atoms with Crippen molar-refractivity contribution in [3.8, 4) is 0 Å². The lowest BCUT2D eigenvalue weighted by Crippen LogP contribution is -2.62. The Kier molecular flexibility index (Phi) is 11.2. The molecule has 2 amide bonds. The molecule has 0 spiro atoms. The number of nitrogens with one attached hydrogen (secondary N) is 3. The van der Waals surface area contributed by atoms with Gasteiger partial charge in [-0.1, -0.05) is 94.1 Å². The summed E-state index contributed by atoms with van der Waals surface area (Å²) in [7, 11) is 0. The third kappa shape index (κ3) is 7.70. The average Bonchev–Trinajstić information content (AvgIpc) is 3.67. The molecule has 1 aliphatic rings. The van der Waals surface area contributed by atoms with Crippen LogP contribution in [0.15, 0.2) is 46.9 Å². The van der Waals surface area contributed by atoms with Gasteiger partial charge in [0.25, 0.3) is 0 Å². The Morgan fingerprint density at radius 2 is 1.79 bits per heavy atom. The summed E-state index contributed by atoms with van der Waals surface area (Å²) in [5.74, 6) is -0.325. The molecule has 0 aliphatic heterocycles. The van der Waals surface area contributed by atoms with Crippen molar-refractivity contribution in [1.82, 2.24) is 25.8 Å². The third-order valence-electron chi connectivity index (χ3n) is 9.77. The van der Waals surface area contributed by atoms with Gasteiger partial charge >= 0.3 is 6.09 Å². The number of amides is 2. The molecular weight excluding hydrogens is 653 g/mol. The molecule has 0 fully saturated rings. The number of Topliss-reactive ketones (excluding diaryl/α,β-unsaturated/α-hetero) is 1. The molecule has 0 bridgehead atoms. The first-order chi connectivity index (χ1) is 22.9. The molecule has 12 heteroatoms. The van der Waals surface area contributed by atoms with E-state index in [9.17, 15) is 14.4 Å². The summed E-state index contributed by atoms with van der Waals surface area (Å²) in [5, 5.41) is 16.0. The number of benzene rings is 2. The van der Waals surface area contributed by atoms with Gasteiger partial charge in [-0.05, 0) is 47.9 Å². The quantitative estimate of drug-likeness (QED) is 0.131. The van der Waals surface area contributed by atoms with E-state index in [-0.39, 0.29) is 43.0 Å². The van der Waals surface area contributed by atoms with Crippen LogP contribution < -0.4 is 10.6 Å². The van der Waals surface area contributed by atoms with E-state index in [2.05, 4.69) is 39.7 Å². The summed E-state index contributed by atoms with van der Waals surface area (Å²) in [6, 6.07) is 11.9. The number of aromatic nitrogens is 3. The van der Waals surface area contributed by atoms with Gasteiger partial charge in [0.05, 0.1) is 10.5 Å². The number of ketones is 1. The lowest BCUT2D eigenvalue weighted by molar-refractivity contribution is -0.134. The normalized spacial score (nSPS) is 18.4. The van der Waals surface area contributed by atoms with Crippen LogP contribution >= 0.6 is 23.2 Å². The molecule has 5 atom stereocenters. The number of nitrogens with zero attached hydrogens (tertiary/aromatic N) is 2. The second-order valence-electron chi connectivity index (χ2n) is 13.0. The molecule has 4 aromatic rings. The van der Waals surface area contributed by atoms with Crippen molar-refractivity contribution in [2.75, 3.05) is 0 Å². The van der Waals surface area contributed by atoms with Crippen LogP contribution in [0.3, 0.4) is 0 Å². The number of hydrogen-bond acceptors (Lipinski definition) is 7. The predicted octanol–water partition coefficient (Wildman–Crippen LogP) is 7.64. The summed E-state index contributed by atoms with van der Waals surface area (Å²) in [5.41, 5.74) is 2.08. The lowest BCUT2D eigenvalue weighted by atomic mass is 9.73. The molecule has 2 heterocycles. The molecule has 2 aromatic carbocycles. The zero-order chi connectivity index (χ0) is 34.6. The third-order valence-corrected chi connectivity index (χ3v) is 10.3. The van der Waals surface area contributed by atoms with Crippen molar-refractivity contribution < 1.29 is 23.5 Å². The van der Waals surface area contributed by atoms with E-state index in [1.54, 1.807) is 13.0 Å². The number of carbonyl (C=O) groups excluding carboxylic acids is 3. The molecule has 10 nitrogen and oxygen atoms in total. The van der Waals surface area contributed by atoms with Crippen LogP contribution in [0.5, 0.6) is 0 Å². The molecule has 2 aromatic heterocycles. The Balaban J connectivity index is 1.47. The molecule has 0 saturated heterocycles. The molecule has 0 saturated carbocycles. The van der Waals surface area contributed by atoms with Gasteiger partial charge in [0.2, 0.25) is 17.7 Å². The van der Waals surface area contributed by atoms with Gasteiger partial charge in [0.1, 0.15) is 18.2 Å². The molecule has 5 rings (SSSR count). The number of carbonyl (C=O) groups is 3. The molecule has 2 unspecified atom stereocenters. The van der Waals surface area contributed by atoms with Crippen LogP contribution in [-0.2, 0) is 33.8 Å². The van der Waals surface area contributed by atoms with Crippen LogP contribution in [0.25, 0.3) is 10.9 Å². The Morgan fingerprint density at radius 3 is 2.46 bits per heavy atom. The van der Waals surface area contributed by atoms with E-state index in [0.717, 1.165) is 34.1 Å². The Morgan fingerprint density at radius 1 is 1.06 bits per heavy atom. The number of H-pyrrole nitrogens is 1. The first-order valence-corrected chi connectivity index (χ1v) is 17.3. The van der Waals surface area contributed by atoms with Crippen LogP contribution in [0.4, 0.5) is 4.79 Å². The highest BCUT2D eigenvalue weighted by Crippen LogP contribution is 2.40. The standard InChI is InChI=1S/C36H43Cl2N5O5/c1-6-20(3)25(34-43-42-22(5)48-34)17-30(44)36(14-13-29-27(18-36)26-15-24(37)16-28(38)32(26)39-29)41-33(45)31(21(4)7-2)40-35(46)47-19-23-11-9-8-10-12-23/h8-12,15-16,20-21,25,31,39H,6-7,13-14,17-19H2,1-5H3,(H,40,46)(H,41,45)/t20?,21?,25-,31-,36-/m0/s1. The Hall–Kier alpha value is -3.89. The molecule has 1 aliphatic carbocycles. The van der Waals surface area contributed by atoms with Crippen LogP contribution in [0.1, 0.15) is 87.9 Å². The summed E-state index contributed by atoms with van der Waals surface area (Å²) >= 11 is 13.0. The highest BCUT2D eigenvalue weighted by molar-refractivity contribution is 6.38. The van der Waals surface area contributed by atoms with Crippen molar-refractivity contribution in [3.63, 3.8) is 0 Å². The lowest BCUT2D eigenvalue weighted by Gasteiger charge is -2.39. The first-order valence-electron chi connectivity index (χ1n) is 16.6. The maximum absolute atomic E-state index is 14.7. The van der Waals surface area contributed by atoms with Crippen molar-refractivity contribution in [3.05, 3.63) is 81.1 Å². The number of halogens is 2. The van der Waals surface area contributed by atoms with E-state index in [1.165, 1.54) is 0 Å². The van der Waals surface area contributed by atoms with Gasteiger partial charge in [-0.3, -0.25) is 9.59 Å². The molecule has 3 N–H and O–H groups in total. The van der Waals surface area contributed by atoms with Gasteiger partial charge in [-0.15, -0.1) is 10.2 Å². The van der Waals surface area contributed by atoms with Crippen LogP contribution in [-0.4, -0.2) is 44.5 Å². The maximum atomic E-state index is 14.7. The van der Waals surface area contributed by atoms with Crippen LogP contribution in [0.2, 0.25) is 10.0 Å². The second kappa shape index (κ2) is 15.1. The predicted molar refractivity (Wildman–Crippen MR) is 185 cm³/mol. The topological polar surface area (TPSA) is 139 Å². The summed E-state index contributed by atoms with van der Waals surface area (Å²) in [6.07, 6.45) is 1.79. The van der Waals surface area contributed by atoms with E-state index >= 15 is 0 Å². The summed E-state index contributed by atoms with van der Waals surface area (Å²) in [4.78, 5) is 45.4. The fourth-order valence-corrected chi connectivity index (χ4v) is 7.01. The minimum Gasteiger partial charge on any atom is -0.445 e. The van der Waals surface area contributed by atoms with Crippen molar-refractivity contribution in [2.45, 2.75) is 97.2 Å². The van der Waals surface area contributed by atoms with Crippen LogP contribution in [0, 0.1) is 18.8 Å². The Labute approximate surface area is 290 Å². The van der Waals surface area contributed by atoms with Crippen molar-refractivity contribution in [2.24, 2.45) is 11.8 Å². The van der Waals surface area contributed by atoms with Crippen molar-refractivity contribution >= 4 is 51.9 Å². The molecule has 256 valence electrons. The van der Waals surface area contributed by atoms with Gasteiger partial charge in [0.15, 0.2) is 5.78 Å². The van der Waals surface area contributed by atoms with Gasteiger partial charge in [-0.25, -0.2) is 4.79 Å². The Bertz CT molecular complexity index is 1770. The van der Waals surface area contributed by atoms with Gasteiger partial charge < -0.3 is 24.8 Å². The number of aromatic amines is 1. The number of hydrogen-bond donors (Lipinski definition) is 3. The number of fused-ring (bicyclic) bond motifs is 3. The zero-order valence-electron chi connectivity index (χ0n) is 28.0. The number of rotatable bonds is 13. The maximum Gasteiger partial charge on any atom is 0.408 e. The minimum atomic E-state index is -1.30. The van der Waals surface area contributed by atoms with Gasteiger partial charge in [-0.2, -0.15) is 0 Å². The molecule has 0 radical (unpaired) electrons. The van der Waals surface area contributed by atoms with E-state index < -0.39 is 23.6 Å². The SMILES string of the molecule is CCC(C)[C@H](NC(=O)OCc1ccccc1)C(=O)N[C@@]1(C(=O)C[C@H](c2nnc(C)o2)C(C)CC)CCc2[nH]c3c(Cl)cc(Cl)cc3c2C1. The number of ether oxygens (including phenoxy) is 1. The van der Waals surface area contributed by atoms with E-state index in [4.69, 9.17) is 32.4 Å². The minimum absolute atomic E-state index is 0.0559. The fraction of sp³-hybridized carbons (Fsp3) is 0.472. The summed E-state index contributed by atoms with van der Waals surface area (Å²) in [6.45, 7) is 9.71. The van der Waals surface area contributed by atoms with Crippen molar-refractivity contribution in [1.29, 1.82) is 0 Å². The smallest absolute Gasteiger partial charge is 0.408 e. The first kappa shape index (κ1) is 35.4. The molecule has 48 heavy (non-hydrogen) atoms. The largest absolute Gasteiger partial charge is 0.445 e. The average molecular weight is 697 g/mol. The summed E-state index contributed by atoms with van der Waals surface area (Å²) < 4.78 is 11.3. The zero-order valence-corrected chi connectivity index (χ0v) is 29.5. The second-order valence-corrected chi connectivity index (χ2v) is 13.8. The highest BCUT2D eigenvalue weighted by atomic mass is 35.5. The monoisotopic (exact) mass is 695 g/mol. The van der Waals surface area contributed by atoms with E-state index in [0.29, 0.717) is 41.1 Å². The highest BCUT2D eigenvalue weighted by Gasteiger charge is 2.46. The van der Waals surface area contributed by atoms with Gasteiger partial charge in [0, 0.05) is 41.8 Å². The van der Waals surface area contributed by atoms with E-state index in [1.807, 2.05) is 50.2 Å². The number of alkyl carbamates (subject to hydrolysis) is 1. The fourth-order valence-electron chi connectivity index (χ4n) is 6.47. The molecular formula is C36H43Cl2N5O5. The number of aryl methyl sites for hydroxylation is 2.